The molecule has 1 heterocycles. The van der Waals surface area contributed by atoms with Gasteiger partial charge in [-0.1, -0.05) is 12.8 Å². The molecule has 98 valence electrons. The minimum atomic E-state index is -0.0351. The number of carbonyl (C=O) groups is 1. The highest BCUT2D eigenvalue weighted by atomic mass is 16.5. The van der Waals surface area contributed by atoms with Crippen molar-refractivity contribution in [3.63, 3.8) is 0 Å². The summed E-state index contributed by atoms with van der Waals surface area (Å²) in [5, 5.41) is 0. The predicted octanol–water partition coefficient (Wildman–Crippen LogP) is 1.51. The number of aromatic nitrogens is 2. The Morgan fingerprint density at radius 3 is 2.83 bits per heavy atom. The zero-order valence-corrected chi connectivity index (χ0v) is 10.7. The van der Waals surface area contributed by atoms with Gasteiger partial charge in [-0.25, -0.2) is 4.98 Å². The van der Waals surface area contributed by atoms with Crippen molar-refractivity contribution in [2.75, 3.05) is 20.3 Å². The second-order valence-electron chi connectivity index (χ2n) is 4.52. The maximum Gasteiger partial charge on any atom is 0.274 e. The van der Waals surface area contributed by atoms with E-state index in [-0.39, 0.29) is 5.91 Å². The van der Waals surface area contributed by atoms with E-state index in [1.165, 1.54) is 19.0 Å². The first-order valence-electron chi connectivity index (χ1n) is 6.39. The van der Waals surface area contributed by atoms with Gasteiger partial charge >= 0.3 is 0 Å². The van der Waals surface area contributed by atoms with Gasteiger partial charge < -0.3 is 9.64 Å². The lowest BCUT2D eigenvalue weighted by molar-refractivity contribution is 0.0599. The molecule has 0 spiro atoms. The van der Waals surface area contributed by atoms with Gasteiger partial charge in [0, 0.05) is 32.1 Å². The van der Waals surface area contributed by atoms with Crippen LogP contribution in [0.25, 0.3) is 0 Å². The third kappa shape index (κ3) is 3.04. The maximum atomic E-state index is 12.4. The fraction of sp³-hybridized carbons (Fsp3) is 0.615. The van der Waals surface area contributed by atoms with E-state index in [2.05, 4.69) is 9.97 Å². The van der Waals surface area contributed by atoms with Crippen LogP contribution in [0.1, 0.15) is 36.2 Å². The van der Waals surface area contributed by atoms with Crippen LogP contribution >= 0.6 is 0 Å². The first-order chi connectivity index (χ1) is 8.83. The number of amides is 1. The van der Waals surface area contributed by atoms with Crippen molar-refractivity contribution in [3.05, 3.63) is 24.3 Å². The minimum absolute atomic E-state index is 0.0351. The summed E-state index contributed by atoms with van der Waals surface area (Å²) in [7, 11) is 1.65. The fourth-order valence-corrected chi connectivity index (χ4v) is 2.41. The van der Waals surface area contributed by atoms with Crippen molar-refractivity contribution in [1.82, 2.24) is 14.9 Å². The van der Waals surface area contributed by atoms with E-state index in [4.69, 9.17) is 4.74 Å². The standard InChI is InChI=1S/C13H19N3O2/c1-18-9-8-16(11-4-2-3-5-11)13(17)12-10-14-6-7-15-12/h6-7,10-11H,2-5,8-9H2,1H3. The Morgan fingerprint density at radius 1 is 1.44 bits per heavy atom. The molecule has 1 saturated carbocycles. The van der Waals surface area contributed by atoms with E-state index in [1.807, 2.05) is 4.90 Å². The normalized spacial score (nSPS) is 15.8. The van der Waals surface area contributed by atoms with Crippen LogP contribution < -0.4 is 0 Å². The third-order valence-electron chi connectivity index (χ3n) is 3.34. The summed E-state index contributed by atoms with van der Waals surface area (Å²) in [6.07, 6.45) is 9.20. The summed E-state index contributed by atoms with van der Waals surface area (Å²) >= 11 is 0. The quantitative estimate of drug-likeness (QED) is 0.793. The molecule has 1 amide bonds. The van der Waals surface area contributed by atoms with Crippen LogP contribution in [0.5, 0.6) is 0 Å². The molecule has 5 nitrogen and oxygen atoms in total. The van der Waals surface area contributed by atoms with Gasteiger partial charge in [-0.2, -0.15) is 0 Å². The third-order valence-corrected chi connectivity index (χ3v) is 3.34. The zero-order chi connectivity index (χ0) is 12.8. The monoisotopic (exact) mass is 249 g/mol. The molecule has 0 aromatic carbocycles. The lowest BCUT2D eigenvalue weighted by Gasteiger charge is -2.28. The molecular weight excluding hydrogens is 230 g/mol. The number of ether oxygens (including phenoxy) is 1. The molecule has 18 heavy (non-hydrogen) atoms. The van der Waals surface area contributed by atoms with Crippen molar-refractivity contribution in [3.8, 4) is 0 Å². The highest BCUT2D eigenvalue weighted by Crippen LogP contribution is 2.24. The first-order valence-corrected chi connectivity index (χ1v) is 6.39. The topological polar surface area (TPSA) is 55.3 Å². The zero-order valence-electron chi connectivity index (χ0n) is 10.7. The summed E-state index contributed by atoms with van der Waals surface area (Å²) in [5.41, 5.74) is 0.417. The Bertz CT molecular complexity index is 377. The molecular formula is C13H19N3O2. The Kier molecular flexibility index (Phi) is 4.64. The molecule has 0 saturated heterocycles. The summed E-state index contributed by atoms with van der Waals surface area (Å²) in [6.45, 7) is 1.18. The molecule has 0 unspecified atom stereocenters. The van der Waals surface area contributed by atoms with Crippen molar-refractivity contribution in [1.29, 1.82) is 0 Å². The van der Waals surface area contributed by atoms with Gasteiger partial charge in [0.05, 0.1) is 12.8 Å². The van der Waals surface area contributed by atoms with E-state index < -0.39 is 0 Å². The highest BCUT2D eigenvalue weighted by molar-refractivity contribution is 5.92. The number of hydrogen-bond acceptors (Lipinski definition) is 4. The van der Waals surface area contributed by atoms with Crippen molar-refractivity contribution in [2.24, 2.45) is 0 Å². The van der Waals surface area contributed by atoms with Gasteiger partial charge in [0.15, 0.2) is 0 Å². The molecule has 0 atom stereocenters. The lowest BCUT2D eigenvalue weighted by atomic mass is 10.2. The molecule has 5 heteroatoms. The molecule has 0 N–H and O–H groups in total. The van der Waals surface area contributed by atoms with Crippen LogP contribution in [-0.2, 0) is 4.74 Å². The maximum absolute atomic E-state index is 12.4. The average Bonchev–Trinajstić information content (AvgIpc) is 2.94. The first kappa shape index (κ1) is 13.0. The second kappa shape index (κ2) is 6.44. The van der Waals surface area contributed by atoms with Crippen LogP contribution in [0, 0.1) is 0 Å². The Balaban J connectivity index is 2.09. The molecule has 0 radical (unpaired) electrons. The van der Waals surface area contributed by atoms with E-state index in [1.54, 1.807) is 19.5 Å². The molecule has 1 aliphatic carbocycles. The average molecular weight is 249 g/mol. The predicted molar refractivity (Wildman–Crippen MR) is 67.2 cm³/mol. The van der Waals surface area contributed by atoms with Gasteiger partial charge in [0.25, 0.3) is 5.91 Å². The number of nitrogens with zero attached hydrogens (tertiary/aromatic N) is 3. The molecule has 2 rings (SSSR count). The van der Waals surface area contributed by atoms with Gasteiger partial charge in [-0.05, 0) is 12.8 Å². The largest absolute Gasteiger partial charge is 0.383 e. The molecule has 1 aliphatic rings. The van der Waals surface area contributed by atoms with Gasteiger partial charge in [-0.15, -0.1) is 0 Å². The lowest BCUT2D eigenvalue weighted by Crippen LogP contribution is -2.41. The molecule has 1 aromatic rings. The van der Waals surface area contributed by atoms with E-state index in [9.17, 15) is 4.79 Å². The number of methoxy groups -OCH3 is 1. The van der Waals surface area contributed by atoms with Gasteiger partial charge in [0.1, 0.15) is 5.69 Å². The van der Waals surface area contributed by atoms with E-state index >= 15 is 0 Å². The van der Waals surface area contributed by atoms with Crippen LogP contribution in [0.2, 0.25) is 0 Å². The van der Waals surface area contributed by atoms with Crippen LogP contribution in [-0.4, -0.2) is 47.1 Å². The Hall–Kier alpha value is -1.49. The summed E-state index contributed by atoms with van der Waals surface area (Å²) in [5.74, 6) is -0.0351. The van der Waals surface area contributed by atoms with Gasteiger partial charge in [-0.3, -0.25) is 9.78 Å². The van der Waals surface area contributed by atoms with Crippen LogP contribution in [0.3, 0.4) is 0 Å². The van der Waals surface area contributed by atoms with Crippen molar-refractivity contribution < 1.29 is 9.53 Å². The summed E-state index contributed by atoms with van der Waals surface area (Å²) in [6, 6.07) is 0.328. The van der Waals surface area contributed by atoms with Crippen LogP contribution in [0.15, 0.2) is 18.6 Å². The van der Waals surface area contributed by atoms with E-state index in [0.717, 1.165) is 12.8 Å². The summed E-state index contributed by atoms with van der Waals surface area (Å²) in [4.78, 5) is 22.3. The minimum Gasteiger partial charge on any atom is -0.383 e. The molecule has 1 fully saturated rings. The fourth-order valence-electron chi connectivity index (χ4n) is 2.41. The number of carbonyl (C=O) groups excluding carboxylic acids is 1. The smallest absolute Gasteiger partial charge is 0.274 e. The van der Waals surface area contributed by atoms with Crippen molar-refractivity contribution in [2.45, 2.75) is 31.7 Å². The van der Waals surface area contributed by atoms with Crippen LogP contribution in [0.4, 0.5) is 0 Å². The Labute approximate surface area is 107 Å². The SMILES string of the molecule is COCCN(C(=O)c1cnccn1)C1CCCC1. The highest BCUT2D eigenvalue weighted by Gasteiger charge is 2.27. The summed E-state index contributed by atoms with van der Waals surface area (Å²) < 4.78 is 5.09. The molecule has 0 aliphatic heterocycles. The van der Waals surface area contributed by atoms with Crippen molar-refractivity contribution >= 4 is 5.91 Å². The second-order valence-corrected chi connectivity index (χ2v) is 4.52. The molecule has 1 aromatic heterocycles. The Morgan fingerprint density at radius 2 is 2.22 bits per heavy atom. The van der Waals surface area contributed by atoms with E-state index in [0.29, 0.717) is 24.9 Å². The van der Waals surface area contributed by atoms with Gasteiger partial charge in [0.2, 0.25) is 0 Å². The number of rotatable bonds is 5. The molecule has 0 bridgehead atoms. The number of hydrogen-bond donors (Lipinski definition) is 0.